The van der Waals surface area contributed by atoms with Gasteiger partial charge in [0, 0.05) is 45.2 Å². The third-order valence-corrected chi connectivity index (χ3v) is 5.80. The molecule has 154 valence electrons. The van der Waals surface area contributed by atoms with E-state index < -0.39 is 0 Å². The minimum absolute atomic E-state index is 0.0655. The first-order chi connectivity index (χ1) is 13.7. The summed E-state index contributed by atoms with van der Waals surface area (Å²) in [6, 6.07) is 7.72. The summed E-state index contributed by atoms with van der Waals surface area (Å²) in [6.45, 7) is 3.55. The molecular weight excluding hydrogens is 356 g/mol. The van der Waals surface area contributed by atoms with Gasteiger partial charge in [-0.1, -0.05) is 12.1 Å². The van der Waals surface area contributed by atoms with Gasteiger partial charge in [0.2, 0.25) is 11.8 Å². The number of piperidine rings is 1. The normalized spacial score (nSPS) is 20.6. The van der Waals surface area contributed by atoms with Crippen molar-refractivity contribution in [1.29, 1.82) is 0 Å². The van der Waals surface area contributed by atoms with Gasteiger partial charge in [-0.3, -0.25) is 9.59 Å². The number of amides is 2. The van der Waals surface area contributed by atoms with E-state index in [4.69, 9.17) is 9.47 Å². The third kappa shape index (κ3) is 5.96. The van der Waals surface area contributed by atoms with Crippen LogP contribution >= 0.6 is 0 Å². The van der Waals surface area contributed by atoms with Crippen LogP contribution in [0.1, 0.15) is 44.1 Å². The molecule has 6 heteroatoms. The molecule has 2 aliphatic heterocycles. The largest absolute Gasteiger partial charge is 0.497 e. The van der Waals surface area contributed by atoms with E-state index in [1.165, 1.54) is 0 Å². The number of carbonyl (C=O) groups is 2. The third-order valence-electron chi connectivity index (χ3n) is 5.80. The zero-order valence-electron chi connectivity index (χ0n) is 16.8. The van der Waals surface area contributed by atoms with Gasteiger partial charge in [-0.05, 0) is 55.7 Å². The average Bonchev–Trinajstić information content (AvgIpc) is 2.76. The molecule has 2 heterocycles. The van der Waals surface area contributed by atoms with Crippen LogP contribution in [0, 0.1) is 11.8 Å². The van der Waals surface area contributed by atoms with Crippen molar-refractivity contribution in [2.24, 2.45) is 11.8 Å². The van der Waals surface area contributed by atoms with Crippen LogP contribution in [-0.2, 0) is 20.9 Å². The second-order valence-corrected chi connectivity index (χ2v) is 7.85. The maximum Gasteiger partial charge on any atom is 0.225 e. The van der Waals surface area contributed by atoms with E-state index in [0.29, 0.717) is 32.1 Å². The maximum atomic E-state index is 12.7. The Hall–Kier alpha value is -2.08. The molecule has 2 amide bonds. The fraction of sp³-hybridized carbons (Fsp3) is 0.636. The Labute approximate surface area is 167 Å². The molecule has 0 bridgehead atoms. The molecule has 1 aromatic rings. The van der Waals surface area contributed by atoms with Gasteiger partial charge < -0.3 is 19.7 Å². The number of ether oxygens (including phenoxy) is 2. The number of likely N-dealkylation sites (tertiary alicyclic amines) is 1. The van der Waals surface area contributed by atoms with Crippen molar-refractivity contribution in [3.63, 3.8) is 0 Å². The summed E-state index contributed by atoms with van der Waals surface area (Å²) in [5.74, 6) is 1.69. The minimum atomic E-state index is 0.0655. The van der Waals surface area contributed by atoms with Crippen LogP contribution in [0.4, 0.5) is 0 Å². The molecule has 0 aliphatic carbocycles. The Balaban J connectivity index is 1.39. The van der Waals surface area contributed by atoms with Gasteiger partial charge in [0.25, 0.3) is 0 Å². The van der Waals surface area contributed by atoms with Gasteiger partial charge in [-0.25, -0.2) is 0 Å². The summed E-state index contributed by atoms with van der Waals surface area (Å²) in [5, 5.41) is 2.99. The lowest BCUT2D eigenvalue weighted by atomic mass is 9.91. The molecular formula is C22H32N2O4. The highest BCUT2D eigenvalue weighted by atomic mass is 16.5. The van der Waals surface area contributed by atoms with E-state index in [1.807, 2.05) is 29.2 Å². The predicted octanol–water partition coefficient (Wildman–Crippen LogP) is 2.76. The Morgan fingerprint density at radius 2 is 2.07 bits per heavy atom. The van der Waals surface area contributed by atoms with Crippen LogP contribution in [-0.4, -0.2) is 50.1 Å². The van der Waals surface area contributed by atoms with Crippen molar-refractivity contribution in [3.8, 4) is 5.75 Å². The SMILES string of the molecule is COc1cccc(CNC(=O)CC[C@H]2CCCN(C(=O)C3CCOCC3)C2)c1. The number of nitrogens with one attached hydrogen (secondary N) is 1. The van der Waals surface area contributed by atoms with Crippen LogP contribution in [0.2, 0.25) is 0 Å². The van der Waals surface area contributed by atoms with E-state index in [2.05, 4.69) is 5.32 Å². The number of nitrogens with zero attached hydrogens (tertiary/aromatic N) is 1. The van der Waals surface area contributed by atoms with Gasteiger partial charge >= 0.3 is 0 Å². The first-order valence-electron chi connectivity index (χ1n) is 10.4. The van der Waals surface area contributed by atoms with Crippen molar-refractivity contribution in [1.82, 2.24) is 10.2 Å². The molecule has 0 spiro atoms. The molecule has 0 radical (unpaired) electrons. The number of hydrogen-bond acceptors (Lipinski definition) is 4. The lowest BCUT2D eigenvalue weighted by Gasteiger charge is -2.36. The van der Waals surface area contributed by atoms with E-state index in [9.17, 15) is 9.59 Å². The highest BCUT2D eigenvalue weighted by Crippen LogP contribution is 2.25. The molecule has 0 aromatic heterocycles. The summed E-state index contributed by atoms with van der Waals surface area (Å²) < 4.78 is 10.6. The van der Waals surface area contributed by atoms with Crippen molar-refractivity contribution >= 4 is 11.8 Å². The zero-order valence-corrected chi connectivity index (χ0v) is 16.8. The number of benzene rings is 1. The first kappa shape index (κ1) is 20.6. The number of methoxy groups -OCH3 is 1. The maximum absolute atomic E-state index is 12.7. The predicted molar refractivity (Wildman–Crippen MR) is 107 cm³/mol. The molecule has 1 N–H and O–H groups in total. The van der Waals surface area contributed by atoms with E-state index in [0.717, 1.165) is 56.5 Å². The summed E-state index contributed by atoms with van der Waals surface area (Å²) in [5.41, 5.74) is 1.03. The first-order valence-corrected chi connectivity index (χ1v) is 10.4. The average molecular weight is 389 g/mol. The fourth-order valence-corrected chi connectivity index (χ4v) is 4.11. The molecule has 0 unspecified atom stereocenters. The van der Waals surface area contributed by atoms with Crippen LogP contribution in [0.5, 0.6) is 5.75 Å². The van der Waals surface area contributed by atoms with E-state index >= 15 is 0 Å². The summed E-state index contributed by atoms with van der Waals surface area (Å²) in [6.07, 6.45) is 5.15. The van der Waals surface area contributed by atoms with E-state index in [1.54, 1.807) is 7.11 Å². The Bertz CT molecular complexity index is 658. The van der Waals surface area contributed by atoms with Crippen molar-refractivity contribution in [2.75, 3.05) is 33.4 Å². The highest BCUT2D eigenvalue weighted by molar-refractivity contribution is 5.79. The van der Waals surface area contributed by atoms with Crippen LogP contribution in [0.25, 0.3) is 0 Å². The lowest BCUT2D eigenvalue weighted by Crippen LogP contribution is -2.44. The number of rotatable bonds is 7. The topological polar surface area (TPSA) is 67.9 Å². The van der Waals surface area contributed by atoms with Crippen molar-refractivity contribution in [3.05, 3.63) is 29.8 Å². The second kappa shape index (κ2) is 10.5. The van der Waals surface area contributed by atoms with Gasteiger partial charge in [0.15, 0.2) is 0 Å². The van der Waals surface area contributed by atoms with Gasteiger partial charge in [0.05, 0.1) is 7.11 Å². The van der Waals surface area contributed by atoms with Crippen LogP contribution in [0.15, 0.2) is 24.3 Å². The monoisotopic (exact) mass is 388 g/mol. The fourth-order valence-electron chi connectivity index (χ4n) is 4.11. The Kier molecular flexibility index (Phi) is 7.71. The molecule has 2 aliphatic rings. The van der Waals surface area contributed by atoms with Crippen molar-refractivity contribution < 1.29 is 19.1 Å². The quantitative estimate of drug-likeness (QED) is 0.780. The van der Waals surface area contributed by atoms with Crippen LogP contribution < -0.4 is 10.1 Å². The number of carbonyl (C=O) groups excluding carboxylic acids is 2. The standard InChI is InChI=1S/C22H32N2O4/c1-27-20-6-2-4-18(14-20)15-23-21(25)8-7-17-5-3-11-24(16-17)22(26)19-9-12-28-13-10-19/h2,4,6,14,17,19H,3,5,7-13,15-16H2,1H3,(H,23,25)/t17-/m1/s1. The van der Waals surface area contributed by atoms with Gasteiger partial charge in [0.1, 0.15) is 5.75 Å². The summed E-state index contributed by atoms with van der Waals surface area (Å²) in [7, 11) is 1.64. The number of hydrogen-bond donors (Lipinski definition) is 1. The molecule has 3 rings (SSSR count). The van der Waals surface area contributed by atoms with E-state index in [-0.39, 0.29) is 17.7 Å². The Morgan fingerprint density at radius 1 is 1.25 bits per heavy atom. The molecule has 28 heavy (non-hydrogen) atoms. The molecule has 2 saturated heterocycles. The van der Waals surface area contributed by atoms with Gasteiger partial charge in [-0.15, -0.1) is 0 Å². The summed E-state index contributed by atoms with van der Waals surface area (Å²) >= 11 is 0. The zero-order chi connectivity index (χ0) is 19.8. The van der Waals surface area contributed by atoms with Crippen molar-refractivity contribution in [2.45, 2.75) is 45.1 Å². The molecule has 2 fully saturated rings. The smallest absolute Gasteiger partial charge is 0.225 e. The van der Waals surface area contributed by atoms with Gasteiger partial charge in [-0.2, -0.15) is 0 Å². The minimum Gasteiger partial charge on any atom is -0.497 e. The lowest BCUT2D eigenvalue weighted by molar-refractivity contribution is -0.140. The second-order valence-electron chi connectivity index (χ2n) is 7.85. The Morgan fingerprint density at radius 3 is 2.86 bits per heavy atom. The molecule has 0 saturated carbocycles. The molecule has 1 atom stereocenters. The molecule has 6 nitrogen and oxygen atoms in total. The molecule has 1 aromatic carbocycles. The summed E-state index contributed by atoms with van der Waals surface area (Å²) in [4.78, 5) is 27.0. The van der Waals surface area contributed by atoms with Crippen LogP contribution in [0.3, 0.4) is 0 Å². The highest BCUT2D eigenvalue weighted by Gasteiger charge is 2.30.